The van der Waals surface area contributed by atoms with E-state index in [0.717, 1.165) is 29.5 Å². The fraction of sp³-hybridized carbons (Fsp3) is 0.217. The van der Waals surface area contributed by atoms with Crippen LogP contribution in [0.1, 0.15) is 35.4 Å². The summed E-state index contributed by atoms with van der Waals surface area (Å²) in [4.78, 5) is 4.18. The minimum Gasteiger partial charge on any atom is -0.235 e. The standard InChI is InChI=1S/C23H17F5N2S/c24-18-11-6-12-19(25)21(18)20-14-31-22(30-20)16(13-29)9-3-1-2-7-15-8-4-5-10-17(15)23(26,27)28/h4-6,8-12,14H,1-3,7H2/b16-9+. The van der Waals surface area contributed by atoms with E-state index in [1.165, 1.54) is 23.6 Å². The first kappa shape index (κ1) is 22.6. The fourth-order valence-electron chi connectivity index (χ4n) is 3.16. The molecule has 31 heavy (non-hydrogen) atoms. The molecule has 0 aliphatic rings. The van der Waals surface area contributed by atoms with Crippen molar-refractivity contribution in [3.8, 4) is 17.3 Å². The topological polar surface area (TPSA) is 36.7 Å². The molecule has 0 atom stereocenters. The number of unbranched alkanes of at least 4 members (excludes halogenated alkanes) is 2. The number of aryl methyl sites for hydroxylation is 1. The number of benzene rings is 2. The molecule has 8 heteroatoms. The molecular weight excluding hydrogens is 431 g/mol. The van der Waals surface area contributed by atoms with Gasteiger partial charge in [0.1, 0.15) is 22.7 Å². The van der Waals surface area contributed by atoms with Crippen LogP contribution in [-0.2, 0) is 12.6 Å². The van der Waals surface area contributed by atoms with Gasteiger partial charge in [-0.1, -0.05) is 30.3 Å². The lowest BCUT2D eigenvalue weighted by Crippen LogP contribution is -2.08. The van der Waals surface area contributed by atoms with Crippen LogP contribution >= 0.6 is 11.3 Å². The number of thiazole rings is 1. The van der Waals surface area contributed by atoms with Crippen LogP contribution in [0.15, 0.2) is 53.9 Å². The molecule has 0 spiro atoms. The van der Waals surface area contributed by atoms with E-state index in [0.29, 0.717) is 24.3 Å². The molecule has 3 rings (SSSR count). The third-order valence-corrected chi connectivity index (χ3v) is 5.52. The minimum atomic E-state index is -4.38. The Bertz CT molecular complexity index is 1110. The normalized spacial score (nSPS) is 12.1. The maximum Gasteiger partial charge on any atom is 0.416 e. The highest BCUT2D eigenvalue weighted by Gasteiger charge is 2.32. The van der Waals surface area contributed by atoms with Crippen molar-refractivity contribution >= 4 is 16.9 Å². The number of alkyl halides is 3. The average molecular weight is 448 g/mol. The number of rotatable bonds is 7. The summed E-state index contributed by atoms with van der Waals surface area (Å²) in [5.41, 5.74) is -0.246. The number of halogens is 5. The molecule has 0 bridgehead atoms. The van der Waals surface area contributed by atoms with E-state index >= 15 is 0 Å². The van der Waals surface area contributed by atoms with E-state index in [-0.39, 0.29) is 28.8 Å². The monoisotopic (exact) mass is 448 g/mol. The Labute approximate surface area is 180 Å². The Balaban J connectivity index is 1.63. The SMILES string of the molecule is N#C/C(=C\CCCCc1ccccc1C(F)(F)F)c1nc(-c2c(F)cccc2F)cs1. The van der Waals surface area contributed by atoms with Crippen LogP contribution in [0.5, 0.6) is 0 Å². The first-order valence-corrected chi connectivity index (χ1v) is 10.3. The van der Waals surface area contributed by atoms with Crippen molar-refractivity contribution in [2.75, 3.05) is 0 Å². The van der Waals surface area contributed by atoms with Crippen molar-refractivity contribution < 1.29 is 22.0 Å². The van der Waals surface area contributed by atoms with Crippen molar-refractivity contribution in [1.29, 1.82) is 5.26 Å². The summed E-state index contributed by atoms with van der Waals surface area (Å²) in [6, 6.07) is 11.0. The fourth-order valence-corrected chi connectivity index (χ4v) is 3.96. The van der Waals surface area contributed by atoms with Gasteiger partial charge < -0.3 is 0 Å². The van der Waals surface area contributed by atoms with Crippen LogP contribution in [0.2, 0.25) is 0 Å². The van der Waals surface area contributed by atoms with E-state index in [1.807, 2.05) is 6.07 Å². The summed E-state index contributed by atoms with van der Waals surface area (Å²) >= 11 is 1.10. The van der Waals surface area contributed by atoms with E-state index in [2.05, 4.69) is 4.98 Å². The molecule has 0 N–H and O–H groups in total. The largest absolute Gasteiger partial charge is 0.416 e. The summed E-state index contributed by atoms with van der Waals surface area (Å²) < 4.78 is 67.0. The highest BCUT2D eigenvalue weighted by molar-refractivity contribution is 7.11. The smallest absolute Gasteiger partial charge is 0.235 e. The van der Waals surface area contributed by atoms with E-state index in [1.54, 1.807) is 12.1 Å². The molecule has 0 saturated heterocycles. The Morgan fingerprint density at radius 1 is 1.03 bits per heavy atom. The molecule has 0 aliphatic carbocycles. The second-order valence-electron chi connectivity index (χ2n) is 6.76. The van der Waals surface area contributed by atoms with Gasteiger partial charge in [-0.2, -0.15) is 18.4 Å². The van der Waals surface area contributed by atoms with Gasteiger partial charge in [-0.15, -0.1) is 11.3 Å². The maximum absolute atomic E-state index is 13.9. The molecule has 2 nitrogen and oxygen atoms in total. The molecule has 0 aliphatic heterocycles. The molecular formula is C23H17F5N2S. The highest BCUT2D eigenvalue weighted by Crippen LogP contribution is 2.33. The van der Waals surface area contributed by atoms with Gasteiger partial charge in [-0.3, -0.25) is 0 Å². The predicted molar refractivity (Wildman–Crippen MR) is 110 cm³/mol. The third-order valence-electron chi connectivity index (χ3n) is 4.65. The molecule has 0 saturated carbocycles. The second kappa shape index (κ2) is 9.84. The average Bonchev–Trinajstić information content (AvgIpc) is 3.19. The quantitative estimate of drug-likeness (QED) is 0.214. The third kappa shape index (κ3) is 5.56. The van der Waals surface area contributed by atoms with Crippen LogP contribution in [0, 0.1) is 23.0 Å². The molecule has 160 valence electrons. The zero-order valence-corrected chi connectivity index (χ0v) is 17.0. The van der Waals surface area contributed by atoms with Gasteiger partial charge in [-0.25, -0.2) is 13.8 Å². The summed E-state index contributed by atoms with van der Waals surface area (Å²) in [7, 11) is 0. The first-order chi connectivity index (χ1) is 14.8. The second-order valence-corrected chi connectivity index (χ2v) is 7.62. The minimum absolute atomic E-state index is 0.112. The van der Waals surface area contributed by atoms with Gasteiger partial charge in [0.2, 0.25) is 0 Å². The van der Waals surface area contributed by atoms with Crippen LogP contribution in [0.4, 0.5) is 22.0 Å². The summed E-state index contributed by atoms with van der Waals surface area (Å²) in [5.74, 6) is -1.48. The molecule has 0 unspecified atom stereocenters. The Morgan fingerprint density at radius 2 is 1.74 bits per heavy atom. The molecule has 3 aromatic rings. The lowest BCUT2D eigenvalue weighted by atomic mass is 10.0. The molecule has 0 fully saturated rings. The first-order valence-electron chi connectivity index (χ1n) is 9.47. The van der Waals surface area contributed by atoms with Crippen LogP contribution < -0.4 is 0 Å². The molecule has 2 aromatic carbocycles. The van der Waals surface area contributed by atoms with Crippen LogP contribution in [0.25, 0.3) is 16.8 Å². The zero-order valence-electron chi connectivity index (χ0n) is 16.2. The number of nitrogens with zero attached hydrogens (tertiary/aromatic N) is 2. The van der Waals surface area contributed by atoms with E-state index in [4.69, 9.17) is 0 Å². The van der Waals surface area contributed by atoms with Gasteiger partial charge >= 0.3 is 6.18 Å². The van der Waals surface area contributed by atoms with Gasteiger partial charge in [0.25, 0.3) is 0 Å². The zero-order chi connectivity index (χ0) is 22.4. The lowest BCUT2D eigenvalue weighted by Gasteiger charge is -2.12. The summed E-state index contributed by atoms with van der Waals surface area (Å²) in [6.07, 6.45) is -0.885. The Morgan fingerprint density at radius 3 is 2.42 bits per heavy atom. The Hall–Kier alpha value is -3.05. The van der Waals surface area contributed by atoms with E-state index < -0.39 is 23.4 Å². The van der Waals surface area contributed by atoms with Gasteiger partial charge in [0, 0.05) is 5.38 Å². The van der Waals surface area contributed by atoms with Crippen LogP contribution in [-0.4, -0.2) is 4.98 Å². The predicted octanol–water partition coefficient (Wildman–Crippen LogP) is 7.43. The van der Waals surface area contributed by atoms with Crippen molar-refractivity contribution in [3.05, 3.63) is 81.7 Å². The van der Waals surface area contributed by atoms with Crippen molar-refractivity contribution in [1.82, 2.24) is 4.98 Å². The highest BCUT2D eigenvalue weighted by atomic mass is 32.1. The Kier molecular flexibility index (Phi) is 7.18. The van der Waals surface area contributed by atoms with Gasteiger partial charge in [0.05, 0.1) is 22.4 Å². The number of nitriles is 1. The van der Waals surface area contributed by atoms with Crippen molar-refractivity contribution in [2.24, 2.45) is 0 Å². The number of hydrogen-bond acceptors (Lipinski definition) is 3. The van der Waals surface area contributed by atoms with Crippen molar-refractivity contribution in [3.63, 3.8) is 0 Å². The van der Waals surface area contributed by atoms with Gasteiger partial charge in [-0.05, 0) is 49.4 Å². The molecule has 1 aromatic heterocycles. The number of aromatic nitrogens is 1. The van der Waals surface area contributed by atoms with Gasteiger partial charge in [0.15, 0.2) is 0 Å². The summed E-state index contributed by atoms with van der Waals surface area (Å²) in [6.45, 7) is 0. The number of hydrogen-bond donors (Lipinski definition) is 0. The molecule has 1 heterocycles. The van der Waals surface area contributed by atoms with E-state index in [9.17, 15) is 27.2 Å². The summed E-state index contributed by atoms with van der Waals surface area (Å²) in [5, 5.41) is 11.2. The van der Waals surface area contributed by atoms with Crippen LogP contribution in [0.3, 0.4) is 0 Å². The number of allylic oxidation sites excluding steroid dienone is 2. The lowest BCUT2D eigenvalue weighted by molar-refractivity contribution is -0.138. The molecule has 0 radical (unpaired) electrons. The molecule has 0 amide bonds. The maximum atomic E-state index is 13.9. The van der Waals surface area contributed by atoms with Crippen molar-refractivity contribution in [2.45, 2.75) is 31.9 Å².